The molecule has 0 bridgehead atoms. The molecule has 0 saturated heterocycles. The number of hydrogen-bond donors (Lipinski definition) is 0. The van der Waals surface area contributed by atoms with Gasteiger partial charge in [0.15, 0.2) is 0 Å². The number of amides is 1. The van der Waals surface area contributed by atoms with Crippen LogP contribution in [0.1, 0.15) is 23.6 Å². The lowest BCUT2D eigenvalue weighted by atomic mass is 10.1. The molecule has 0 fully saturated rings. The summed E-state index contributed by atoms with van der Waals surface area (Å²) in [4.78, 5) is 25.6. The van der Waals surface area contributed by atoms with Gasteiger partial charge in [-0.05, 0) is 61.7 Å². The molecular weight excluding hydrogens is 356 g/mol. The van der Waals surface area contributed by atoms with Crippen LogP contribution in [-0.2, 0) is 4.79 Å². The molecule has 144 valence electrons. The summed E-state index contributed by atoms with van der Waals surface area (Å²) in [5.41, 5.74) is 4.98. The number of hydrogen-bond acceptors (Lipinski definition) is 5. The van der Waals surface area contributed by atoms with Crippen molar-refractivity contribution in [2.24, 2.45) is 5.10 Å². The third-order valence-electron chi connectivity index (χ3n) is 4.79. The van der Waals surface area contributed by atoms with Crippen molar-refractivity contribution in [1.29, 1.82) is 0 Å². The molecule has 2 aromatic carbocycles. The van der Waals surface area contributed by atoms with Gasteiger partial charge in [-0.25, -0.2) is 0 Å². The predicted octanol–water partition coefficient (Wildman–Crippen LogP) is 4.08. The lowest BCUT2D eigenvalue weighted by molar-refractivity contribution is -0.384. The van der Waals surface area contributed by atoms with E-state index in [4.69, 9.17) is 0 Å². The molecule has 28 heavy (non-hydrogen) atoms. The summed E-state index contributed by atoms with van der Waals surface area (Å²) in [5.74, 6) is -0.250. The summed E-state index contributed by atoms with van der Waals surface area (Å²) in [7, 11) is 3.50. The predicted molar refractivity (Wildman–Crippen MR) is 112 cm³/mol. The molecule has 0 aliphatic carbocycles. The minimum absolute atomic E-state index is 0.00889. The number of anilines is 2. The van der Waals surface area contributed by atoms with Gasteiger partial charge in [0.25, 0.3) is 11.6 Å². The van der Waals surface area contributed by atoms with Gasteiger partial charge in [-0.15, -0.1) is 0 Å². The largest absolute Gasteiger partial charge is 0.372 e. The maximum atomic E-state index is 12.9. The van der Waals surface area contributed by atoms with Crippen LogP contribution < -0.4 is 9.91 Å². The molecule has 0 atom stereocenters. The van der Waals surface area contributed by atoms with Gasteiger partial charge >= 0.3 is 0 Å². The second kappa shape index (κ2) is 7.26. The van der Waals surface area contributed by atoms with Crippen LogP contribution in [0.2, 0.25) is 0 Å². The third kappa shape index (κ3) is 3.51. The monoisotopic (exact) mass is 378 g/mol. The number of nitrogens with zero attached hydrogens (tertiary/aromatic N) is 4. The molecule has 0 aromatic heterocycles. The maximum absolute atomic E-state index is 12.9. The summed E-state index contributed by atoms with van der Waals surface area (Å²) in [6.45, 7) is 5.75. The van der Waals surface area contributed by atoms with Gasteiger partial charge in [0.1, 0.15) is 5.69 Å². The van der Waals surface area contributed by atoms with Crippen LogP contribution in [0, 0.1) is 24.0 Å². The number of carbonyl (C=O) groups is 1. The van der Waals surface area contributed by atoms with Crippen molar-refractivity contribution in [3.63, 3.8) is 0 Å². The first kappa shape index (κ1) is 19.3. The van der Waals surface area contributed by atoms with E-state index >= 15 is 0 Å². The zero-order chi connectivity index (χ0) is 20.6. The number of aryl methyl sites for hydroxylation is 2. The van der Waals surface area contributed by atoms with Crippen molar-refractivity contribution in [2.75, 3.05) is 24.0 Å². The maximum Gasteiger partial charge on any atom is 0.293 e. The van der Waals surface area contributed by atoms with Gasteiger partial charge in [-0.2, -0.15) is 10.1 Å². The minimum atomic E-state index is -0.420. The fourth-order valence-electron chi connectivity index (χ4n) is 3.04. The Labute approximate surface area is 163 Å². The van der Waals surface area contributed by atoms with E-state index in [-0.39, 0.29) is 11.6 Å². The lowest BCUT2D eigenvalue weighted by Gasteiger charge is -2.14. The highest BCUT2D eigenvalue weighted by atomic mass is 16.6. The van der Waals surface area contributed by atoms with Gasteiger partial charge < -0.3 is 4.90 Å². The first-order chi connectivity index (χ1) is 13.2. The highest BCUT2D eigenvalue weighted by molar-refractivity contribution is 6.32. The van der Waals surface area contributed by atoms with Crippen molar-refractivity contribution in [2.45, 2.75) is 20.8 Å². The number of rotatable bonds is 4. The fraction of sp³-hybridized carbons (Fsp3) is 0.238. The van der Waals surface area contributed by atoms with Gasteiger partial charge in [0, 0.05) is 20.2 Å². The van der Waals surface area contributed by atoms with Crippen LogP contribution in [0.4, 0.5) is 17.1 Å². The Bertz CT molecular complexity index is 1040. The molecule has 0 N–H and O–H groups in total. The molecular formula is C21H22N4O3. The van der Waals surface area contributed by atoms with E-state index in [0.717, 1.165) is 11.1 Å². The first-order valence-electron chi connectivity index (χ1n) is 8.84. The molecule has 0 unspecified atom stereocenters. The normalized spacial score (nSPS) is 15.2. The average molecular weight is 378 g/mol. The molecule has 1 aliphatic rings. The number of nitro benzene ring substituents is 1. The molecule has 1 amide bonds. The van der Waals surface area contributed by atoms with Gasteiger partial charge in [0.05, 0.1) is 21.9 Å². The Morgan fingerprint density at radius 2 is 1.79 bits per heavy atom. The molecule has 1 heterocycles. The number of nitro groups is 1. The molecule has 1 aliphatic heterocycles. The van der Waals surface area contributed by atoms with E-state index in [0.29, 0.717) is 28.2 Å². The number of carbonyl (C=O) groups excluding carboxylic acids is 1. The topological polar surface area (TPSA) is 79.0 Å². The van der Waals surface area contributed by atoms with Crippen molar-refractivity contribution in [3.8, 4) is 0 Å². The van der Waals surface area contributed by atoms with E-state index in [1.54, 1.807) is 44.1 Å². The van der Waals surface area contributed by atoms with Crippen LogP contribution in [0.5, 0.6) is 0 Å². The quantitative estimate of drug-likeness (QED) is 0.456. The fourth-order valence-corrected chi connectivity index (χ4v) is 3.04. The zero-order valence-electron chi connectivity index (χ0n) is 16.6. The van der Waals surface area contributed by atoms with E-state index in [1.165, 1.54) is 11.1 Å². The highest BCUT2D eigenvalue weighted by Crippen LogP contribution is 2.30. The number of benzene rings is 2. The average Bonchev–Trinajstić information content (AvgIpc) is 2.92. The van der Waals surface area contributed by atoms with Gasteiger partial charge in [-0.1, -0.05) is 12.1 Å². The van der Waals surface area contributed by atoms with Crippen molar-refractivity contribution >= 4 is 34.8 Å². The molecule has 2 aromatic rings. The Balaban J connectivity index is 1.98. The second-order valence-electron chi connectivity index (χ2n) is 7.03. The minimum Gasteiger partial charge on any atom is -0.372 e. The summed E-state index contributed by atoms with van der Waals surface area (Å²) in [6.07, 6.45) is 1.65. The Hall–Kier alpha value is -3.48. The van der Waals surface area contributed by atoms with E-state index < -0.39 is 4.92 Å². The number of hydrazone groups is 1. The Morgan fingerprint density at radius 3 is 2.39 bits per heavy atom. The molecule has 3 rings (SSSR count). The molecule has 0 spiro atoms. The second-order valence-corrected chi connectivity index (χ2v) is 7.03. The van der Waals surface area contributed by atoms with Crippen LogP contribution >= 0.6 is 0 Å². The molecule has 7 heteroatoms. The summed E-state index contributed by atoms with van der Waals surface area (Å²) in [5, 5.41) is 17.2. The van der Waals surface area contributed by atoms with Crippen LogP contribution in [0.3, 0.4) is 0 Å². The molecule has 0 saturated carbocycles. The van der Waals surface area contributed by atoms with Crippen molar-refractivity contribution in [1.82, 2.24) is 0 Å². The summed E-state index contributed by atoms with van der Waals surface area (Å²) in [6, 6.07) is 10.6. The zero-order valence-corrected chi connectivity index (χ0v) is 16.6. The highest BCUT2D eigenvalue weighted by Gasteiger charge is 2.29. The van der Waals surface area contributed by atoms with E-state index in [9.17, 15) is 14.9 Å². The Morgan fingerprint density at radius 1 is 1.07 bits per heavy atom. The van der Waals surface area contributed by atoms with E-state index in [2.05, 4.69) is 5.10 Å². The lowest BCUT2D eigenvalue weighted by Crippen LogP contribution is -2.21. The van der Waals surface area contributed by atoms with Crippen molar-refractivity contribution < 1.29 is 9.72 Å². The standard InChI is InChI=1S/C21H22N4O3/c1-13-6-8-17(10-14(13)2)24-21(26)18(15(3)22-24)11-16-7-9-19(23(4)5)20(12-16)25(27)28/h6-12H,1-5H3. The smallest absolute Gasteiger partial charge is 0.293 e. The summed E-state index contributed by atoms with van der Waals surface area (Å²) >= 11 is 0. The Kier molecular flexibility index (Phi) is 5.00. The molecule has 7 nitrogen and oxygen atoms in total. The third-order valence-corrected chi connectivity index (χ3v) is 4.79. The van der Waals surface area contributed by atoms with Gasteiger partial charge in [-0.3, -0.25) is 14.9 Å². The van der Waals surface area contributed by atoms with E-state index in [1.807, 2.05) is 32.0 Å². The first-order valence-corrected chi connectivity index (χ1v) is 8.84. The van der Waals surface area contributed by atoms with Crippen LogP contribution in [0.15, 0.2) is 47.1 Å². The van der Waals surface area contributed by atoms with Crippen LogP contribution in [0.25, 0.3) is 6.08 Å². The van der Waals surface area contributed by atoms with Gasteiger partial charge in [0.2, 0.25) is 0 Å². The summed E-state index contributed by atoms with van der Waals surface area (Å²) < 4.78 is 0. The molecule has 0 radical (unpaired) electrons. The SMILES string of the molecule is CC1=NN(c2ccc(C)c(C)c2)C(=O)C1=Cc1ccc(N(C)C)c([N+](=O)[O-])c1. The van der Waals surface area contributed by atoms with Crippen molar-refractivity contribution in [3.05, 3.63) is 68.8 Å². The van der Waals surface area contributed by atoms with Crippen LogP contribution in [-0.4, -0.2) is 30.6 Å².